The van der Waals surface area contributed by atoms with Crippen molar-refractivity contribution in [3.8, 4) is 17.1 Å². The van der Waals surface area contributed by atoms with Gasteiger partial charge in [-0.25, -0.2) is 19.7 Å². The lowest BCUT2D eigenvalue weighted by molar-refractivity contribution is -0.137. The standard InChI is InChI=1S/C27H24F3N5O3/c1-13-4-3-5-15(8-13)25-34-23-21-22(32-24(33-23)26(36)37)31-14(2)19-10-17(19)12-38-20-7-6-18(27(28,29)30)9-16(20)11-35(21)25/h3-9,14,17,19H,10-12H2,1-2H3,(H,36,37)(H,31,32,33). The van der Waals surface area contributed by atoms with Crippen LogP contribution in [0.2, 0.25) is 0 Å². The molecule has 2 aromatic heterocycles. The number of benzene rings is 2. The third-order valence-electron chi connectivity index (χ3n) is 7.22. The molecular formula is C27H24F3N5O3. The number of aromatic carboxylic acids is 1. The molecule has 3 unspecified atom stereocenters. The molecule has 1 aliphatic heterocycles. The largest absolute Gasteiger partial charge is 0.493 e. The van der Waals surface area contributed by atoms with Gasteiger partial charge in [-0.3, -0.25) is 0 Å². The first kappa shape index (κ1) is 24.2. The summed E-state index contributed by atoms with van der Waals surface area (Å²) in [6.45, 7) is 4.27. The van der Waals surface area contributed by atoms with E-state index in [1.54, 1.807) is 4.57 Å². The average Bonchev–Trinajstić information content (AvgIpc) is 3.55. The highest BCUT2D eigenvalue weighted by molar-refractivity contribution is 5.92. The van der Waals surface area contributed by atoms with E-state index in [1.807, 2.05) is 38.1 Å². The second-order valence-corrected chi connectivity index (χ2v) is 9.99. The number of nitrogens with zero attached hydrogens (tertiary/aromatic N) is 4. The number of ether oxygens (including phenoxy) is 1. The lowest BCUT2D eigenvalue weighted by Crippen LogP contribution is -2.23. The second-order valence-electron chi connectivity index (χ2n) is 9.99. The average molecular weight is 524 g/mol. The Balaban J connectivity index is 1.63. The van der Waals surface area contributed by atoms with Crippen molar-refractivity contribution in [2.45, 2.75) is 39.0 Å². The maximum atomic E-state index is 13.7. The number of fused-ring (bicyclic) bond motifs is 2. The summed E-state index contributed by atoms with van der Waals surface area (Å²) in [6, 6.07) is 11.0. The van der Waals surface area contributed by atoms with Gasteiger partial charge in [-0.05, 0) is 56.4 Å². The van der Waals surface area contributed by atoms with Crippen LogP contribution in [0.4, 0.5) is 19.0 Å². The molecule has 1 fully saturated rings. The normalized spacial score (nSPS) is 20.8. The number of alkyl halides is 3. The van der Waals surface area contributed by atoms with Crippen molar-refractivity contribution in [2.75, 3.05) is 11.9 Å². The van der Waals surface area contributed by atoms with E-state index in [0.717, 1.165) is 24.1 Å². The Morgan fingerprint density at radius 2 is 1.97 bits per heavy atom. The predicted molar refractivity (Wildman–Crippen MR) is 133 cm³/mol. The van der Waals surface area contributed by atoms with Crippen molar-refractivity contribution in [2.24, 2.45) is 11.8 Å². The Bertz CT molecular complexity index is 1580. The van der Waals surface area contributed by atoms with Crippen LogP contribution >= 0.6 is 0 Å². The molecule has 2 aliphatic rings. The van der Waals surface area contributed by atoms with Gasteiger partial charge in [0.1, 0.15) is 17.1 Å². The van der Waals surface area contributed by atoms with E-state index < -0.39 is 23.5 Å². The van der Waals surface area contributed by atoms with Gasteiger partial charge in [-0.2, -0.15) is 13.2 Å². The fourth-order valence-corrected chi connectivity index (χ4v) is 5.18. The van der Waals surface area contributed by atoms with E-state index >= 15 is 0 Å². The molecule has 2 aromatic carbocycles. The van der Waals surface area contributed by atoms with Crippen LogP contribution < -0.4 is 10.1 Å². The van der Waals surface area contributed by atoms with Gasteiger partial charge in [0.05, 0.1) is 18.7 Å². The van der Waals surface area contributed by atoms with Gasteiger partial charge in [-0.15, -0.1) is 0 Å². The molecule has 196 valence electrons. The van der Waals surface area contributed by atoms with E-state index in [-0.39, 0.29) is 35.9 Å². The fourth-order valence-electron chi connectivity index (χ4n) is 5.18. The minimum atomic E-state index is -4.53. The van der Waals surface area contributed by atoms with Gasteiger partial charge in [0, 0.05) is 17.2 Å². The van der Waals surface area contributed by atoms with E-state index in [0.29, 0.717) is 34.8 Å². The highest BCUT2D eigenvalue weighted by Gasteiger charge is 2.42. The smallest absolute Gasteiger partial charge is 0.416 e. The number of aromatic nitrogens is 4. The third-order valence-corrected chi connectivity index (χ3v) is 7.22. The number of halogens is 3. The van der Waals surface area contributed by atoms with Crippen LogP contribution in [0.1, 0.15) is 40.7 Å². The van der Waals surface area contributed by atoms with Crippen LogP contribution in [0.3, 0.4) is 0 Å². The molecule has 0 saturated heterocycles. The lowest BCUT2D eigenvalue weighted by atomic mass is 10.1. The summed E-state index contributed by atoms with van der Waals surface area (Å²) in [4.78, 5) is 25.0. The first-order valence-electron chi connectivity index (χ1n) is 12.3. The number of rotatable bonds is 2. The summed E-state index contributed by atoms with van der Waals surface area (Å²) in [7, 11) is 0. The zero-order valence-corrected chi connectivity index (χ0v) is 20.6. The van der Waals surface area contributed by atoms with Gasteiger partial charge in [0.15, 0.2) is 11.5 Å². The monoisotopic (exact) mass is 523 g/mol. The third kappa shape index (κ3) is 4.31. The Labute approximate surface area is 215 Å². The Morgan fingerprint density at radius 3 is 2.71 bits per heavy atom. The molecule has 8 nitrogen and oxygen atoms in total. The molecule has 1 saturated carbocycles. The van der Waals surface area contributed by atoms with Gasteiger partial charge in [0.2, 0.25) is 5.82 Å². The van der Waals surface area contributed by atoms with Crippen molar-refractivity contribution in [1.29, 1.82) is 0 Å². The molecule has 3 atom stereocenters. The molecule has 38 heavy (non-hydrogen) atoms. The van der Waals surface area contributed by atoms with Crippen LogP contribution in [0.5, 0.6) is 5.75 Å². The zero-order valence-electron chi connectivity index (χ0n) is 20.6. The highest BCUT2D eigenvalue weighted by Crippen LogP contribution is 2.44. The number of carboxylic acid groups (broad SMARTS) is 1. The van der Waals surface area contributed by atoms with Crippen molar-refractivity contribution < 1.29 is 27.8 Å². The molecule has 4 aromatic rings. The number of nitrogens with one attached hydrogen (secondary N) is 1. The summed E-state index contributed by atoms with van der Waals surface area (Å²) in [5, 5.41) is 13.0. The number of aryl methyl sites for hydroxylation is 1. The summed E-state index contributed by atoms with van der Waals surface area (Å²) in [5.74, 6) is -0.169. The van der Waals surface area contributed by atoms with Crippen molar-refractivity contribution >= 4 is 23.0 Å². The number of carbonyl (C=O) groups is 1. The summed E-state index contributed by atoms with van der Waals surface area (Å²) in [5.41, 5.74) is 1.77. The molecule has 11 heteroatoms. The van der Waals surface area contributed by atoms with Crippen LogP contribution in [0, 0.1) is 18.8 Å². The number of carboxylic acids is 1. The Hall–Kier alpha value is -4.15. The SMILES string of the molecule is Cc1cccc(-c2nc3nc(C(=O)O)nc4c3n2Cc2cc(C(F)(F)F)ccc2OCC2CC2C(C)N4)c1. The maximum Gasteiger partial charge on any atom is 0.416 e. The number of hydrogen-bond donors (Lipinski definition) is 2. The molecular weight excluding hydrogens is 499 g/mol. The Morgan fingerprint density at radius 1 is 1.16 bits per heavy atom. The van der Waals surface area contributed by atoms with Crippen molar-refractivity contribution in [1.82, 2.24) is 19.5 Å². The molecule has 0 amide bonds. The first-order chi connectivity index (χ1) is 18.1. The second kappa shape index (κ2) is 8.71. The summed E-state index contributed by atoms with van der Waals surface area (Å²) >= 11 is 0. The van der Waals surface area contributed by atoms with Gasteiger partial charge >= 0.3 is 12.1 Å². The Kier molecular flexibility index (Phi) is 5.55. The quantitative estimate of drug-likeness (QED) is 0.363. The van der Waals surface area contributed by atoms with E-state index in [1.165, 1.54) is 6.07 Å². The van der Waals surface area contributed by atoms with E-state index in [9.17, 15) is 23.1 Å². The molecule has 6 rings (SSSR count). The van der Waals surface area contributed by atoms with Crippen LogP contribution in [0.15, 0.2) is 42.5 Å². The summed E-state index contributed by atoms with van der Waals surface area (Å²) < 4.78 is 48.9. The van der Waals surface area contributed by atoms with Crippen molar-refractivity contribution in [3.63, 3.8) is 0 Å². The first-order valence-corrected chi connectivity index (χ1v) is 12.3. The van der Waals surface area contributed by atoms with Crippen LogP contribution in [-0.4, -0.2) is 43.2 Å². The molecule has 0 spiro atoms. The number of anilines is 1. The summed E-state index contributed by atoms with van der Waals surface area (Å²) in [6.07, 6.45) is -3.66. The molecule has 1 aliphatic carbocycles. The van der Waals surface area contributed by atoms with Gasteiger partial charge in [-0.1, -0.05) is 23.8 Å². The van der Waals surface area contributed by atoms with Gasteiger partial charge in [0.25, 0.3) is 0 Å². The molecule has 3 heterocycles. The fraction of sp³-hybridized carbons (Fsp3) is 0.333. The van der Waals surface area contributed by atoms with Crippen LogP contribution in [-0.2, 0) is 12.7 Å². The predicted octanol–water partition coefficient (Wildman–Crippen LogP) is 5.40. The number of imidazole rings is 1. The van der Waals surface area contributed by atoms with Gasteiger partial charge < -0.3 is 19.7 Å². The minimum Gasteiger partial charge on any atom is -0.493 e. The molecule has 2 N–H and O–H groups in total. The zero-order chi connectivity index (χ0) is 26.8. The van der Waals surface area contributed by atoms with E-state index in [4.69, 9.17) is 4.74 Å². The minimum absolute atomic E-state index is 0.0219. The topological polar surface area (TPSA) is 102 Å². The number of hydrogen-bond acceptors (Lipinski definition) is 6. The maximum absolute atomic E-state index is 13.7. The van der Waals surface area contributed by atoms with Crippen molar-refractivity contribution in [3.05, 3.63) is 65.0 Å². The molecule has 0 radical (unpaired) electrons. The van der Waals surface area contributed by atoms with E-state index in [2.05, 4.69) is 20.3 Å². The highest BCUT2D eigenvalue weighted by atomic mass is 19.4. The van der Waals surface area contributed by atoms with Crippen LogP contribution in [0.25, 0.3) is 22.6 Å². The lowest BCUT2D eigenvalue weighted by Gasteiger charge is -2.20. The molecule has 0 bridgehead atoms.